The zero-order valence-corrected chi connectivity index (χ0v) is 7.93. The Morgan fingerprint density at radius 2 is 2.29 bits per heavy atom. The van der Waals surface area contributed by atoms with Crippen LogP contribution in [0.1, 0.15) is 0 Å². The number of aldehydes is 1. The van der Waals surface area contributed by atoms with Crippen LogP contribution in [0.2, 0.25) is 0 Å². The van der Waals surface area contributed by atoms with Gasteiger partial charge in [0.15, 0.2) is 0 Å². The lowest BCUT2D eigenvalue weighted by molar-refractivity contribution is -0.108. The van der Waals surface area contributed by atoms with Crippen LogP contribution in [0.3, 0.4) is 0 Å². The van der Waals surface area contributed by atoms with Gasteiger partial charge in [0.2, 0.25) is 0 Å². The number of fused-ring (bicyclic) bond motifs is 1. The highest BCUT2D eigenvalue weighted by molar-refractivity contribution is 5.82. The maximum atomic E-state index is 10.4. The Kier molecular flexibility index (Phi) is 2.23. The average molecular weight is 189 g/mol. The molecule has 0 atom stereocenters. The van der Waals surface area contributed by atoms with Crippen molar-refractivity contribution in [3.63, 3.8) is 0 Å². The Bertz CT molecular complexity index is 459. The molecule has 3 heteroatoms. The molecule has 0 unspecified atom stereocenters. The van der Waals surface area contributed by atoms with Crippen LogP contribution >= 0.6 is 0 Å². The minimum absolute atomic E-state index is 0.386. The van der Waals surface area contributed by atoms with Crippen LogP contribution in [-0.4, -0.2) is 18.0 Å². The number of benzene rings is 1. The summed E-state index contributed by atoms with van der Waals surface area (Å²) in [5.41, 5.74) is 1.02. The molecule has 14 heavy (non-hydrogen) atoms. The summed E-state index contributed by atoms with van der Waals surface area (Å²) >= 11 is 0. The fourth-order valence-corrected chi connectivity index (χ4v) is 1.53. The highest BCUT2D eigenvalue weighted by Crippen LogP contribution is 2.21. The molecule has 0 fully saturated rings. The summed E-state index contributed by atoms with van der Waals surface area (Å²) < 4.78 is 7.02. The fourth-order valence-electron chi connectivity index (χ4n) is 1.53. The summed E-state index contributed by atoms with van der Waals surface area (Å²) in [5, 5.41) is 1.12. The number of hydrogen-bond donors (Lipinski definition) is 0. The molecule has 3 nitrogen and oxygen atoms in total. The van der Waals surface area contributed by atoms with E-state index >= 15 is 0 Å². The lowest BCUT2D eigenvalue weighted by Crippen LogP contribution is -1.96. The molecule has 0 saturated heterocycles. The largest absolute Gasteiger partial charge is 0.497 e. The summed E-state index contributed by atoms with van der Waals surface area (Å²) in [7, 11) is 1.63. The first kappa shape index (κ1) is 8.81. The Balaban J connectivity index is 2.57. The number of methoxy groups -OCH3 is 1. The predicted octanol–water partition coefficient (Wildman–Crippen LogP) is 1.85. The monoisotopic (exact) mass is 189 g/mol. The number of carbonyl (C=O) groups excluding carboxylic acids is 1. The third-order valence-corrected chi connectivity index (χ3v) is 2.25. The van der Waals surface area contributed by atoms with Crippen LogP contribution in [0.15, 0.2) is 30.5 Å². The maximum absolute atomic E-state index is 10.4. The molecular formula is C11H11NO2. The molecular weight excluding hydrogens is 178 g/mol. The molecule has 0 N–H and O–H groups in total. The predicted molar refractivity (Wildman–Crippen MR) is 54.6 cm³/mol. The number of rotatable bonds is 3. The molecule has 0 aliphatic rings. The highest BCUT2D eigenvalue weighted by atomic mass is 16.5. The summed E-state index contributed by atoms with van der Waals surface area (Å²) in [5.74, 6) is 0.809. The van der Waals surface area contributed by atoms with Gasteiger partial charge in [0.05, 0.1) is 19.2 Å². The van der Waals surface area contributed by atoms with Crippen LogP contribution in [-0.2, 0) is 11.3 Å². The van der Waals surface area contributed by atoms with E-state index in [0.717, 1.165) is 22.9 Å². The number of aromatic nitrogens is 1. The van der Waals surface area contributed by atoms with E-state index in [0.29, 0.717) is 6.54 Å². The zero-order chi connectivity index (χ0) is 9.97. The molecule has 0 saturated carbocycles. The average Bonchev–Trinajstić information content (AvgIpc) is 2.61. The van der Waals surface area contributed by atoms with Gasteiger partial charge >= 0.3 is 0 Å². The lowest BCUT2D eigenvalue weighted by Gasteiger charge is -2.02. The summed E-state index contributed by atoms with van der Waals surface area (Å²) in [6.07, 6.45) is 2.79. The van der Waals surface area contributed by atoms with Crippen molar-refractivity contribution in [1.29, 1.82) is 0 Å². The first-order chi connectivity index (χ1) is 6.85. The third kappa shape index (κ3) is 1.37. The van der Waals surface area contributed by atoms with Crippen LogP contribution in [0.5, 0.6) is 5.75 Å². The van der Waals surface area contributed by atoms with Crippen molar-refractivity contribution in [2.24, 2.45) is 0 Å². The number of ether oxygens (including phenoxy) is 1. The van der Waals surface area contributed by atoms with Gasteiger partial charge in [0.25, 0.3) is 0 Å². The van der Waals surface area contributed by atoms with Crippen LogP contribution < -0.4 is 4.74 Å². The standard InChI is InChI=1S/C11H11NO2/c1-14-10-3-2-9-4-5-12(6-7-13)11(9)8-10/h2-5,7-8H,6H2,1H3. The summed E-state index contributed by atoms with van der Waals surface area (Å²) in [4.78, 5) is 10.4. The molecule has 1 heterocycles. The van der Waals surface area contributed by atoms with E-state index < -0.39 is 0 Å². The second-order valence-corrected chi connectivity index (χ2v) is 3.06. The van der Waals surface area contributed by atoms with E-state index in [2.05, 4.69) is 0 Å². The van der Waals surface area contributed by atoms with Gasteiger partial charge in [-0.2, -0.15) is 0 Å². The van der Waals surface area contributed by atoms with Crippen LogP contribution in [0, 0.1) is 0 Å². The first-order valence-electron chi connectivity index (χ1n) is 4.41. The van der Waals surface area contributed by atoms with Crippen molar-refractivity contribution in [3.8, 4) is 5.75 Å². The van der Waals surface area contributed by atoms with Gasteiger partial charge in [-0.3, -0.25) is 0 Å². The molecule has 2 rings (SSSR count). The van der Waals surface area contributed by atoms with E-state index in [9.17, 15) is 4.79 Å². The maximum Gasteiger partial charge on any atom is 0.139 e. The van der Waals surface area contributed by atoms with Gasteiger partial charge in [-0.1, -0.05) is 0 Å². The number of carbonyl (C=O) groups is 1. The Morgan fingerprint density at radius 1 is 1.43 bits per heavy atom. The van der Waals surface area contributed by atoms with Gasteiger partial charge in [0.1, 0.15) is 12.0 Å². The first-order valence-corrected chi connectivity index (χ1v) is 4.41. The highest BCUT2D eigenvalue weighted by Gasteiger charge is 2.01. The summed E-state index contributed by atoms with van der Waals surface area (Å²) in [6.45, 7) is 0.386. The van der Waals surface area contributed by atoms with E-state index in [4.69, 9.17) is 4.74 Å². The molecule has 0 aliphatic heterocycles. The molecule has 0 aliphatic carbocycles. The van der Waals surface area contributed by atoms with Gasteiger partial charge < -0.3 is 14.1 Å². The van der Waals surface area contributed by atoms with Gasteiger partial charge in [-0.05, 0) is 23.6 Å². The van der Waals surface area contributed by atoms with Gasteiger partial charge in [-0.15, -0.1) is 0 Å². The normalized spacial score (nSPS) is 10.4. The fraction of sp³-hybridized carbons (Fsp3) is 0.182. The molecule has 0 amide bonds. The zero-order valence-electron chi connectivity index (χ0n) is 7.93. The van der Waals surface area contributed by atoms with Gasteiger partial charge in [0, 0.05) is 12.3 Å². The van der Waals surface area contributed by atoms with Gasteiger partial charge in [-0.25, -0.2) is 0 Å². The second kappa shape index (κ2) is 3.54. The Labute approximate surface area is 81.9 Å². The van der Waals surface area contributed by atoms with Crippen molar-refractivity contribution < 1.29 is 9.53 Å². The van der Waals surface area contributed by atoms with Crippen molar-refractivity contribution in [1.82, 2.24) is 4.57 Å². The molecule has 0 radical (unpaired) electrons. The number of hydrogen-bond acceptors (Lipinski definition) is 2. The molecule has 1 aromatic heterocycles. The molecule has 0 spiro atoms. The van der Waals surface area contributed by atoms with E-state index in [1.54, 1.807) is 7.11 Å². The molecule has 0 bridgehead atoms. The van der Waals surface area contributed by atoms with E-state index in [-0.39, 0.29) is 0 Å². The van der Waals surface area contributed by atoms with Crippen LogP contribution in [0.4, 0.5) is 0 Å². The Hall–Kier alpha value is -1.77. The SMILES string of the molecule is COc1ccc2ccn(CC=O)c2c1. The van der Waals surface area contributed by atoms with Crippen molar-refractivity contribution in [3.05, 3.63) is 30.5 Å². The molecule has 72 valence electrons. The quantitative estimate of drug-likeness (QED) is 0.690. The molecule has 1 aromatic carbocycles. The van der Waals surface area contributed by atoms with E-state index in [1.807, 2.05) is 35.0 Å². The summed E-state index contributed by atoms with van der Waals surface area (Å²) in [6, 6.07) is 7.81. The lowest BCUT2D eigenvalue weighted by atomic mass is 10.2. The van der Waals surface area contributed by atoms with Crippen molar-refractivity contribution in [2.45, 2.75) is 6.54 Å². The van der Waals surface area contributed by atoms with E-state index in [1.165, 1.54) is 0 Å². The van der Waals surface area contributed by atoms with Crippen molar-refractivity contribution in [2.75, 3.05) is 7.11 Å². The smallest absolute Gasteiger partial charge is 0.139 e. The Morgan fingerprint density at radius 3 is 3.00 bits per heavy atom. The minimum Gasteiger partial charge on any atom is -0.497 e. The number of nitrogens with zero attached hydrogens (tertiary/aromatic N) is 1. The second-order valence-electron chi connectivity index (χ2n) is 3.06. The topological polar surface area (TPSA) is 31.2 Å². The van der Waals surface area contributed by atoms with Crippen LogP contribution in [0.25, 0.3) is 10.9 Å². The van der Waals surface area contributed by atoms with Crippen molar-refractivity contribution >= 4 is 17.2 Å². The minimum atomic E-state index is 0.386. The third-order valence-electron chi connectivity index (χ3n) is 2.25. The molecule has 2 aromatic rings.